The molecule has 0 saturated carbocycles. The Morgan fingerprint density at radius 3 is 1.80 bits per heavy atom. The van der Waals surface area contributed by atoms with E-state index in [1.807, 2.05) is 51.2 Å². The van der Waals surface area contributed by atoms with Gasteiger partial charge in [-0.25, -0.2) is 4.68 Å². The van der Waals surface area contributed by atoms with Gasteiger partial charge < -0.3 is 23.7 Å². The maximum atomic E-state index is 11.8. The second-order valence-corrected chi connectivity index (χ2v) is 11.6. The molecule has 0 aliphatic rings. The third kappa shape index (κ3) is 13.5. The highest BCUT2D eigenvalue weighted by Crippen LogP contribution is 2.34. The van der Waals surface area contributed by atoms with E-state index in [1.165, 1.54) is 0 Å². The predicted octanol–water partition coefficient (Wildman–Crippen LogP) is 4.81. The Balaban J connectivity index is 1.49. The van der Waals surface area contributed by atoms with Crippen molar-refractivity contribution in [3.8, 4) is 11.8 Å². The predicted molar refractivity (Wildman–Crippen MR) is 156 cm³/mol. The van der Waals surface area contributed by atoms with Gasteiger partial charge in [0, 0.05) is 17.9 Å². The number of nitriles is 1. The molecule has 0 aliphatic heterocycles. The molecule has 1 aromatic heterocycles. The van der Waals surface area contributed by atoms with Crippen molar-refractivity contribution in [2.45, 2.75) is 54.6 Å². The second kappa shape index (κ2) is 17.8. The van der Waals surface area contributed by atoms with Crippen LogP contribution in [0.15, 0.2) is 36.5 Å². The quantitative estimate of drug-likeness (QED) is 0.173. The van der Waals surface area contributed by atoms with Crippen LogP contribution in [-0.2, 0) is 35.1 Å². The number of hydrogen-bond donors (Lipinski definition) is 0. The van der Waals surface area contributed by atoms with Gasteiger partial charge >= 0.3 is 0 Å². The number of Topliss-reactive ketones (excluding diaryl/α,β-unsaturated/α-hetero) is 1. The van der Waals surface area contributed by atoms with Crippen LogP contribution in [0.25, 0.3) is 11.3 Å². The molecule has 0 spiro atoms. The highest BCUT2D eigenvalue weighted by atomic mass is 16.6. The summed E-state index contributed by atoms with van der Waals surface area (Å²) >= 11 is 0. The minimum Gasteiger partial charge on any atom is -0.379 e. The van der Waals surface area contributed by atoms with Crippen molar-refractivity contribution in [3.63, 3.8) is 0 Å². The van der Waals surface area contributed by atoms with Crippen LogP contribution < -0.4 is 0 Å². The maximum Gasteiger partial charge on any atom is 0.140 e. The molecule has 0 saturated heterocycles. The number of rotatable bonds is 19. The molecular formula is C31H46N4O6. The van der Waals surface area contributed by atoms with E-state index in [0.717, 1.165) is 22.5 Å². The summed E-state index contributed by atoms with van der Waals surface area (Å²) in [6.45, 7) is 16.5. The second-order valence-electron chi connectivity index (χ2n) is 11.6. The minimum absolute atomic E-state index is 0.131. The van der Waals surface area contributed by atoms with Crippen LogP contribution in [0.2, 0.25) is 0 Å². The van der Waals surface area contributed by atoms with Gasteiger partial charge in [0.25, 0.3) is 0 Å². The number of carbonyl (C=O) groups is 1. The molecule has 10 heteroatoms. The maximum absolute atomic E-state index is 11.8. The van der Waals surface area contributed by atoms with Gasteiger partial charge in [-0.15, -0.1) is 5.10 Å². The van der Waals surface area contributed by atoms with Crippen molar-refractivity contribution in [1.82, 2.24) is 15.0 Å². The molecule has 0 fully saturated rings. The van der Waals surface area contributed by atoms with E-state index in [2.05, 4.69) is 37.2 Å². The zero-order valence-corrected chi connectivity index (χ0v) is 25.5. The van der Waals surface area contributed by atoms with E-state index < -0.39 is 0 Å². The molecule has 0 atom stereocenters. The van der Waals surface area contributed by atoms with E-state index >= 15 is 0 Å². The third-order valence-corrected chi connectivity index (χ3v) is 6.05. The van der Waals surface area contributed by atoms with E-state index in [0.29, 0.717) is 72.5 Å². The van der Waals surface area contributed by atoms with Crippen molar-refractivity contribution >= 4 is 11.4 Å². The van der Waals surface area contributed by atoms with Crippen LogP contribution in [0.1, 0.15) is 59.2 Å². The lowest BCUT2D eigenvalue weighted by Crippen LogP contribution is -2.22. The molecule has 0 amide bonds. The van der Waals surface area contributed by atoms with Gasteiger partial charge in [0.1, 0.15) is 11.5 Å². The van der Waals surface area contributed by atoms with Gasteiger partial charge in [-0.3, -0.25) is 4.79 Å². The van der Waals surface area contributed by atoms with Crippen LogP contribution in [0.3, 0.4) is 0 Å². The number of nitrogens with zero attached hydrogens (tertiary/aromatic N) is 4. The zero-order valence-electron chi connectivity index (χ0n) is 25.5. The van der Waals surface area contributed by atoms with Gasteiger partial charge in [-0.05, 0) is 28.7 Å². The Morgan fingerprint density at radius 1 is 0.805 bits per heavy atom. The van der Waals surface area contributed by atoms with Crippen LogP contribution in [-0.4, -0.2) is 80.2 Å². The highest BCUT2D eigenvalue weighted by Gasteiger charge is 2.20. The molecule has 0 bridgehead atoms. The Kier molecular flexibility index (Phi) is 14.9. The summed E-state index contributed by atoms with van der Waals surface area (Å²) in [5, 5.41) is 17.5. The number of aromatic nitrogens is 3. The molecule has 10 nitrogen and oxygen atoms in total. The molecule has 41 heavy (non-hydrogen) atoms. The fourth-order valence-electron chi connectivity index (χ4n) is 3.68. The minimum atomic E-state index is -0.317. The van der Waals surface area contributed by atoms with Crippen LogP contribution in [0, 0.1) is 22.2 Å². The smallest absolute Gasteiger partial charge is 0.140 e. The lowest BCUT2D eigenvalue weighted by Gasteiger charge is -2.22. The molecule has 1 heterocycles. The molecule has 1 aromatic carbocycles. The topological polar surface area (TPSA) is 118 Å². The average Bonchev–Trinajstić information content (AvgIpc) is 3.39. The first-order valence-electron chi connectivity index (χ1n) is 14.1. The molecule has 0 unspecified atom stereocenters. The SMILES string of the molecule is CC(C)(C)C(=O)CCOCCOCCOCCOCCOCc1cn(-c2ccc(C(=CC#N)C(C)(C)C)cc2)nn1. The van der Waals surface area contributed by atoms with Crippen LogP contribution >= 0.6 is 0 Å². The van der Waals surface area contributed by atoms with E-state index in [4.69, 9.17) is 28.9 Å². The third-order valence-electron chi connectivity index (χ3n) is 6.05. The van der Waals surface area contributed by atoms with Crippen molar-refractivity contribution in [2.75, 3.05) is 59.5 Å². The van der Waals surface area contributed by atoms with Crippen molar-refractivity contribution in [2.24, 2.45) is 10.8 Å². The summed E-state index contributed by atoms with van der Waals surface area (Å²) in [4.78, 5) is 11.8. The summed E-state index contributed by atoms with van der Waals surface area (Å²) in [5.74, 6) is 0.200. The Hall–Kier alpha value is -2.94. The highest BCUT2D eigenvalue weighted by molar-refractivity contribution is 5.83. The summed E-state index contributed by atoms with van der Waals surface area (Å²) in [6.07, 6.45) is 3.87. The number of carbonyl (C=O) groups excluding carboxylic acids is 1. The van der Waals surface area contributed by atoms with Gasteiger partial charge in [0.05, 0.1) is 84.0 Å². The Labute approximate surface area is 244 Å². The number of hydrogen-bond acceptors (Lipinski definition) is 9. The van der Waals surface area contributed by atoms with Crippen molar-refractivity contribution in [1.29, 1.82) is 5.26 Å². The van der Waals surface area contributed by atoms with Crippen LogP contribution in [0.5, 0.6) is 0 Å². The number of ketones is 1. The van der Waals surface area contributed by atoms with E-state index in [9.17, 15) is 4.79 Å². The number of ether oxygens (including phenoxy) is 5. The first-order valence-corrected chi connectivity index (χ1v) is 14.1. The summed E-state index contributed by atoms with van der Waals surface area (Å²) in [7, 11) is 0. The zero-order chi connectivity index (χ0) is 30.1. The van der Waals surface area contributed by atoms with Crippen molar-refractivity contribution in [3.05, 3.63) is 47.8 Å². The molecule has 2 aromatic rings. The van der Waals surface area contributed by atoms with Gasteiger partial charge in [0.15, 0.2) is 0 Å². The van der Waals surface area contributed by atoms with E-state index in [1.54, 1.807) is 10.8 Å². The summed E-state index contributed by atoms with van der Waals surface area (Å²) in [6, 6.07) is 10.1. The normalized spacial score (nSPS) is 12.5. The molecule has 226 valence electrons. The molecule has 0 N–H and O–H groups in total. The first-order chi connectivity index (χ1) is 19.5. The molecule has 0 aliphatic carbocycles. The summed E-state index contributed by atoms with van der Waals surface area (Å²) in [5.41, 5.74) is 3.15. The van der Waals surface area contributed by atoms with Gasteiger partial charge in [-0.2, -0.15) is 5.26 Å². The average molecular weight is 571 g/mol. The standard InChI is InChI=1S/C31H46N4O6/c1-30(2,3)28(11-13-32)25-7-9-27(10-8-25)35-23-26(33-34-35)24-41-22-21-40-20-19-39-18-17-38-16-15-37-14-12-29(36)31(4,5)6/h7-11,23H,12,14-22,24H2,1-6H3. The molecule has 2 rings (SSSR count). The molecule has 0 radical (unpaired) electrons. The largest absolute Gasteiger partial charge is 0.379 e. The Morgan fingerprint density at radius 2 is 1.32 bits per heavy atom. The van der Waals surface area contributed by atoms with Gasteiger partial charge in [-0.1, -0.05) is 58.9 Å². The van der Waals surface area contributed by atoms with E-state index in [-0.39, 0.29) is 16.6 Å². The van der Waals surface area contributed by atoms with Crippen LogP contribution in [0.4, 0.5) is 0 Å². The van der Waals surface area contributed by atoms with Gasteiger partial charge in [0.2, 0.25) is 0 Å². The lowest BCUT2D eigenvalue weighted by atomic mass is 9.82. The molecular weight excluding hydrogens is 524 g/mol. The summed E-state index contributed by atoms with van der Waals surface area (Å²) < 4.78 is 29.2. The lowest BCUT2D eigenvalue weighted by molar-refractivity contribution is -0.127. The fraction of sp³-hybridized carbons (Fsp3) is 0.613. The fourth-order valence-corrected chi connectivity index (χ4v) is 3.68. The Bertz CT molecular complexity index is 1110. The first kappa shape index (κ1) is 34.3. The number of allylic oxidation sites excluding steroid dienone is 2. The monoisotopic (exact) mass is 570 g/mol. The van der Waals surface area contributed by atoms with Crippen molar-refractivity contribution < 1.29 is 28.5 Å². The number of benzene rings is 1.